The van der Waals surface area contributed by atoms with Gasteiger partial charge >= 0.3 is 24.6 Å². The molecule has 1 amide bonds. The van der Waals surface area contributed by atoms with Crippen LogP contribution in [0.1, 0.15) is 49.8 Å². The van der Waals surface area contributed by atoms with E-state index in [1.165, 1.54) is 24.3 Å². The summed E-state index contributed by atoms with van der Waals surface area (Å²) in [5.74, 6) is -0.809. The van der Waals surface area contributed by atoms with Crippen LogP contribution in [0.25, 0.3) is 0 Å². The minimum Gasteiger partial charge on any atom is -0.395 e. The summed E-state index contributed by atoms with van der Waals surface area (Å²) in [7, 11) is 0. The average molecular weight is 631 g/mol. The second-order valence-electron chi connectivity index (χ2n) is 10.1. The summed E-state index contributed by atoms with van der Waals surface area (Å²) in [4.78, 5) is 69.7. The summed E-state index contributed by atoms with van der Waals surface area (Å²) in [6.07, 6.45) is -2.34. The van der Waals surface area contributed by atoms with Gasteiger partial charge in [0.05, 0.1) is 33.4 Å². The monoisotopic (exact) mass is 630 g/mol. The van der Waals surface area contributed by atoms with Crippen LogP contribution >= 0.6 is 11.8 Å². The number of hydrogen-bond donors (Lipinski definition) is 1. The number of esters is 1. The van der Waals surface area contributed by atoms with Gasteiger partial charge in [-0.15, -0.1) is 0 Å². The SMILES string of the molecule is CCC1NC(=O)C1SC(=O)CN1CCC(C(=O)OC(c2ccccc2)[N+](=O)[O-])CC1.O=C1Oc2ccc(cc2)C([N+](=O)[O-])O1. The average Bonchev–Trinajstić information content (AvgIpc) is 3.00. The van der Waals surface area contributed by atoms with Crippen molar-refractivity contribution in [3.8, 4) is 5.75 Å². The number of carbonyl (C=O) groups is 4. The van der Waals surface area contributed by atoms with Crippen LogP contribution in [0.4, 0.5) is 4.79 Å². The zero-order valence-corrected chi connectivity index (χ0v) is 24.4. The first kappa shape index (κ1) is 32.3. The molecule has 16 heteroatoms. The summed E-state index contributed by atoms with van der Waals surface area (Å²) in [6.45, 7) is 3.23. The Bertz CT molecular complexity index is 1380. The molecule has 4 unspecified atom stereocenters. The maximum Gasteiger partial charge on any atom is 0.519 e. The lowest BCUT2D eigenvalue weighted by Gasteiger charge is -2.35. The number of amides is 1. The van der Waals surface area contributed by atoms with Crippen LogP contribution in [0, 0.1) is 26.1 Å². The Kier molecular flexibility index (Phi) is 10.8. The number of hydrogen-bond acceptors (Lipinski definition) is 13. The summed E-state index contributed by atoms with van der Waals surface area (Å²) in [5, 5.41) is 24.3. The lowest BCUT2D eigenvalue weighted by atomic mass is 9.97. The minimum atomic E-state index is -1.52. The summed E-state index contributed by atoms with van der Waals surface area (Å²) in [6, 6.07) is 14.1. The molecule has 2 saturated heterocycles. The van der Waals surface area contributed by atoms with Crippen molar-refractivity contribution in [3.05, 3.63) is 86.0 Å². The van der Waals surface area contributed by atoms with E-state index >= 15 is 0 Å². The number of thioether (sulfide) groups is 1. The summed E-state index contributed by atoms with van der Waals surface area (Å²) >= 11 is 1.08. The normalized spacial score (nSPS) is 21.9. The van der Waals surface area contributed by atoms with E-state index in [-0.39, 0.29) is 28.9 Å². The second-order valence-corrected chi connectivity index (χ2v) is 11.3. The van der Waals surface area contributed by atoms with Crippen LogP contribution in [0.5, 0.6) is 5.75 Å². The topological polar surface area (TPSA) is 198 Å². The number of nitro groups is 2. The van der Waals surface area contributed by atoms with E-state index in [9.17, 15) is 39.4 Å². The third-order valence-corrected chi connectivity index (χ3v) is 8.38. The van der Waals surface area contributed by atoms with Crippen LogP contribution < -0.4 is 10.1 Å². The van der Waals surface area contributed by atoms with Gasteiger partial charge in [-0.3, -0.25) is 39.5 Å². The van der Waals surface area contributed by atoms with E-state index < -0.39 is 40.3 Å². The molecule has 0 aromatic heterocycles. The number of nitrogens with one attached hydrogen (secondary N) is 1. The molecule has 15 nitrogen and oxygen atoms in total. The molecule has 0 radical (unpaired) electrons. The van der Waals surface area contributed by atoms with Crippen LogP contribution in [0.15, 0.2) is 54.6 Å². The first-order chi connectivity index (χ1) is 21.0. The number of piperidine rings is 1. The van der Waals surface area contributed by atoms with Crippen molar-refractivity contribution in [3.63, 3.8) is 0 Å². The molecule has 4 aliphatic heterocycles. The van der Waals surface area contributed by atoms with Crippen molar-refractivity contribution in [2.75, 3.05) is 19.6 Å². The predicted molar refractivity (Wildman–Crippen MR) is 153 cm³/mol. The van der Waals surface area contributed by atoms with Crippen LogP contribution in [0.3, 0.4) is 0 Å². The molecule has 44 heavy (non-hydrogen) atoms. The van der Waals surface area contributed by atoms with Gasteiger partial charge in [-0.2, -0.15) is 0 Å². The molecule has 1 N–H and O–H groups in total. The van der Waals surface area contributed by atoms with Crippen LogP contribution in [-0.4, -0.2) is 68.8 Å². The number of rotatable bonds is 9. The molecule has 0 aliphatic carbocycles. The van der Waals surface area contributed by atoms with Crippen LogP contribution in [0.2, 0.25) is 0 Å². The minimum absolute atomic E-state index is 0.0473. The van der Waals surface area contributed by atoms with Gasteiger partial charge in [-0.05, 0) is 68.8 Å². The van der Waals surface area contributed by atoms with E-state index in [0.717, 1.165) is 18.2 Å². The predicted octanol–water partition coefficient (Wildman–Crippen LogP) is 3.24. The number of benzene rings is 2. The Hall–Kier alpha value is -4.57. The molecule has 4 aliphatic rings. The van der Waals surface area contributed by atoms with Gasteiger partial charge in [0.2, 0.25) is 11.0 Å². The number of fused-ring (bicyclic) bond motifs is 5. The fraction of sp³-hybridized carbons (Fsp3) is 0.429. The maximum absolute atomic E-state index is 12.5. The molecule has 2 fully saturated rings. The molecule has 6 rings (SSSR count). The third-order valence-electron chi connectivity index (χ3n) is 7.19. The highest BCUT2D eigenvalue weighted by Crippen LogP contribution is 2.28. The first-order valence-electron chi connectivity index (χ1n) is 13.8. The lowest BCUT2D eigenvalue weighted by Crippen LogP contribution is -2.60. The highest BCUT2D eigenvalue weighted by atomic mass is 32.2. The van der Waals surface area contributed by atoms with Gasteiger partial charge in [0.25, 0.3) is 0 Å². The van der Waals surface area contributed by atoms with E-state index in [4.69, 9.17) is 4.74 Å². The van der Waals surface area contributed by atoms with E-state index in [0.29, 0.717) is 42.8 Å². The number of β-lactam (4-membered cyclic amide) rings is 1. The molecule has 2 aromatic carbocycles. The van der Waals surface area contributed by atoms with Crippen molar-refractivity contribution in [1.29, 1.82) is 0 Å². The number of likely N-dealkylation sites (tertiary alicyclic amines) is 1. The fourth-order valence-electron chi connectivity index (χ4n) is 4.77. The standard InChI is InChI=1S/C20H25N3O6S.C8H5NO5/c1-2-15-17(18(25)21-15)30-16(24)12-22-10-8-14(9-11-22)20(26)29-19(23(27)28)13-6-4-3-5-7-13;10-8-13-6-3-1-5(2-4-6)7(14-8)9(11)12/h3-7,14-15,17,19H,2,8-12H2,1H3,(H,21,25);1-4,7H. The second kappa shape index (κ2) is 14.7. The molecule has 234 valence electrons. The Labute approximate surface area is 255 Å². The highest BCUT2D eigenvalue weighted by molar-refractivity contribution is 8.14. The number of nitrogens with zero attached hydrogens (tertiary/aromatic N) is 3. The van der Waals surface area contributed by atoms with Gasteiger partial charge in [0.1, 0.15) is 11.0 Å². The van der Waals surface area contributed by atoms with Gasteiger partial charge < -0.3 is 19.5 Å². The molecule has 2 bridgehead atoms. The zero-order valence-electron chi connectivity index (χ0n) is 23.6. The van der Waals surface area contributed by atoms with Gasteiger partial charge in [-0.1, -0.05) is 36.9 Å². The van der Waals surface area contributed by atoms with Crippen molar-refractivity contribution in [2.24, 2.45) is 5.92 Å². The van der Waals surface area contributed by atoms with Crippen molar-refractivity contribution < 1.29 is 43.2 Å². The molecular formula is C28H30N4O11S. The van der Waals surface area contributed by atoms with Crippen LogP contribution in [-0.2, 0) is 23.9 Å². The lowest BCUT2D eigenvalue weighted by molar-refractivity contribution is -0.576. The van der Waals surface area contributed by atoms with E-state index in [2.05, 4.69) is 14.8 Å². The van der Waals surface area contributed by atoms with Crippen molar-refractivity contribution in [2.45, 2.75) is 49.9 Å². The Morgan fingerprint density at radius 1 is 1.07 bits per heavy atom. The summed E-state index contributed by atoms with van der Waals surface area (Å²) in [5.41, 5.74) is 0.636. The molecule has 4 heterocycles. The Morgan fingerprint density at radius 2 is 1.73 bits per heavy atom. The highest BCUT2D eigenvalue weighted by Gasteiger charge is 2.40. The third kappa shape index (κ3) is 8.29. The van der Waals surface area contributed by atoms with Crippen molar-refractivity contribution in [1.82, 2.24) is 10.2 Å². The van der Waals surface area contributed by atoms with Crippen molar-refractivity contribution >= 4 is 34.9 Å². The first-order valence-corrected chi connectivity index (χ1v) is 14.7. The fourth-order valence-corrected chi connectivity index (χ4v) is 5.91. The molecule has 0 spiro atoms. The summed E-state index contributed by atoms with van der Waals surface area (Å²) < 4.78 is 14.3. The quantitative estimate of drug-likeness (QED) is 0.106. The maximum atomic E-state index is 12.5. The Balaban J connectivity index is 0.000000262. The Morgan fingerprint density at radius 3 is 2.30 bits per heavy atom. The van der Waals surface area contributed by atoms with E-state index in [1.807, 2.05) is 11.8 Å². The number of carbonyl (C=O) groups excluding carboxylic acids is 4. The van der Waals surface area contributed by atoms with Gasteiger partial charge in [-0.25, -0.2) is 4.79 Å². The molecular weight excluding hydrogens is 600 g/mol. The zero-order chi connectivity index (χ0) is 31.8. The van der Waals surface area contributed by atoms with E-state index in [1.54, 1.807) is 30.3 Å². The smallest absolute Gasteiger partial charge is 0.395 e. The van der Waals surface area contributed by atoms with Gasteiger partial charge in [0.15, 0.2) is 0 Å². The number of ether oxygens (including phenoxy) is 3. The van der Waals surface area contributed by atoms with Gasteiger partial charge in [0, 0.05) is 6.04 Å². The molecule has 4 atom stereocenters. The molecule has 2 aromatic rings. The largest absolute Gasteiger partial charge is 0.519 e. The molecule has 0 saturated carbocycles.